The molecule has 2 atom stereocenters. The number of hydrogen-bond acceptors (Lipinski definition) is 4. The predicted octanol–water partition coefficient (Wildman–Crippen LogP) is 1.32. The van der Waals surface area contributed by atoms with E-state index in [1.54, 1.807) is 11.0 Å². The van der Waals surface area contributed by atoms with E-state index in [2.05, 4.69) is 18.8 Å². The van der Waals surface area contributed by atoms with Crippen molar-refractivity contribution in [1.82, 2.24) is 4.90 Å². The minimum Gasteiger partial charge on any atom is -0.395 e. The lowest BCUT2D eigenvalue weighted by atomic mass is 10.0. The van der Waals surface area contributed by atoms with Gasteiger partial charge < -0.3 is 15.1 Å². The highest BCUT2D eigenvalue weighted by Crippen LogP contribution is 2.27. The smallest absolute Gasteiger partial charge is 0.264 e. The normalized spacial score (nSPS) is 21.6. The van der Waals surface area contributed by atoms with Gasteiger partial charge in [0, 0.05) is 13.0 Å². The summed E-state index contributed by atoms with van der Waals surface area (Å²) in [6.07, 6.45) is 1.38. The van der Waals surface area contributed by atoms with Gasteiger partial charge in [-0.2, -0.15) is 0 Å². The van der Waals surface area contributed by atoms with Gasteiger partial charge in [0.15, 0.2) is 0 Å². The number of hydrogen-bond donors (Lipinski definition) is 2. The van der Waals surface area contributed by atoms with E-state index in [9.17, 15) is 9.90 Å². The lowest BCUT2D eigenvalue weighted by Crippen LogP contribution is -2.39. The van der Waals surface area contributed by atoms with E-state index in [0.29, 0.717) is 23.8 Å². The number of rotatable bonds is 3. The molecule has 1 aromatic rings. The van der Waals surface area contributed by atoms with Gasteiger partial charge in [0.25, 0.3) is 5.91 Å². The molecule has 108 valence electrons. The summed E-state index contributed by atoms with van der Waals surface area (Å²) in [4.78, 5) is 15.7. The van der Waals surface area contributed by atoms with Crippen LogP contribution in [0, 0.1) is 17.8 Å². The Morgan fingerprint density at radius 1 is 1.50 bits per heavy atom. The van der Waals surface area contributed by atoms with E-state index < -0.39 is 0 Å². The number of amides is 1. The molecule has 1 aliphatic rings. The van der Waals surface area contributed by atoms with Crippen molar-refractivity contribution in [2.75, 3.05) is 19.8 Å². The molecular weight excluding hydrogens is 274 g/mol. The van der Waals surface area contributed by atoms with E-state index in [0.717, 1.165) is 11.3 Å². The summed E-state index contributed by atoms with van der Waals surface area (Å²) >= 11 is 1.36. The number of aliphatic hydroxyl groups excluding tert-OH is 2. The molecule has 2 heterocycles. The van der Waals surface area contributed by atoms with Crippen LogP contribution in [0.4, 0.5) is 0 Å². The molecule has 1 fully saturated rings. The first-order valence-electron chi connectivity index (χ1n) is 6.78. The molecule has 5 heteroatoms. The maximum atomic E-state index is 12.4. The molecule has 4 nitrogen and oxygen atoms in total. The number of carbonyl (C=O) groups excluding carboxylic acids is 1. The van der Waals surface area contributed by atoms with E-state index in [1.165, 1.54) is 11.3 Å². The third-order valence-electron chi connectivity index (χ3n) is 3.60. The summed E-state index contributed by atoms with van der Waals surface area (Å²) in [7, 11) is 0. The zero-order chi connectivity index (χ0) is 14.5. The molecule has 1 aromatic heterocycles. The molecule has 1 amide bonds. The summed E-state index contributed by atoms with van der Waals surface area (Å²) in [5.74, 6) is 6.10. The number of nitrogens with zero attached hydrogens (tertiary/aromatic N) is 1. The van der Waals surface area contributed by atoms with Crippen LogP contribution in [0.1, 0.15) is 34.3 Å². The molecule has 0 spiro atoms. The van der Waals surface area contributed by atoms with Crippen molar-refractivity contribution >= 4 is 17.2 Å². The lowest BCUT2D eigenvalue weighted by Gasteiger charge is -2.24. The SMILES string of the molecule is CC1CCN(C(=O)c2ccc(C#CCCO)s2)C1CO. The van der Waals surface area contributed by atoms with Gasteiger partial charge in [-0.05, 0) is 24.5 Å². The largest absolute Gasteiger partial charge is 0.395 e. The van der Waals surface area contributed by atoms with Crippen molar-refractivity contribution in [3.63, 3.8) is 0 Å². The maximum absolute atomic E-state index is 12.4. The number of carbonyl (C=O) groups is 1. The first kappa shape index (κ1) is 15.0. The minimum absolute atomic E-state index is 0.0153. The monoisotopic (exact) mass is 293 g/mol. The number of thiophene rings is 1. The van der Waals surface area contributed by atoms with Crippen molar-refractivity contribution in [2.45, 2.75) is 25.8 Å². The Bertz CT molecular complexity index is 529. The Balaban J connectivity index is 2.08. The molecule has 0 bridgehead atoms. The molecule has 2 rings (SSSR count). The van der Waals surface area contributed by atoms with E-state index in [4.69, 9.17) is 5.11 Å². The van der Waals surface area contributed by atoms with E-state index in [-0.39, 0.29) is 25.2 Å². The molecule has 2 unspecified atom stereocenters. The Hall–Kier alpha value is -1.35. The second-order valence-electron chi connectivity index (χ2n) is 4.95. The molecule has 0 saturated carbocycles. The van der Waals surface area contributed by atoms with Crippen LogP contribution in [0.5, 0.6) is 0 Å². The third kappa shape index (κ3) is 3.21. The van der Waals surface area contributed by atoms with E-state index in [1.807, 2.05) is 6.07 Å². The van der Waals surface area contributed by atoms with Gasteiger partial charge in [0.2, 0.25) is 0 Å². The quantitative estimate of drug-likeness (QED) is 0.827. The second kappa shape index (κ2) is 6.89. The third-order valence-corrected chi connectivity index (χ3v) is 4.58. The average Bonchev–Trinajstić information content (AvgIpc) is 3.05. The molecule has 0 aromatic carbocycles. The Kier molecular flexibility index (Phi) is 5.18. The summed E-state index contributed by atoms with van der Waals surface area (Å²) < 4.78 is 0. The highest BCUT2D eigenvalue weighted by atomic mass is 32.1. The lowest BCUT2D eigenvalue weighted by molar-refractivity contribution is 0.0653. The minimum atomic E-state index is -0.0754. The second-order valence-corrected chi connectivity index (χ2v) is 6.04. The van der Waals surface area contributed by atoms with Crippen LogP contribution in [0.2, 0.25) is 0 Å². The molecule has 0 aliphatic carbocycles. The van der Waals surface area contributed by atoms with Crippen molar-refractivity contribution in [3.05, 3.63) is 21.9 Å². The van der Waals surface area contributed by atoms with Crippen LogP contribution in [-0.2, 0) is 0 Å². The number of aliphatic hydroxyl groups is 2. The average molecular weight is 293 g/mol. The van der Waals surface area contributed by atoms with E-state index >= 15 is 0 Å². The van der Waals surface area contributed by atoms with Crippen molar-refractivity contribution < 1.29 is 15.0 Å². The van der Waals surface area contributed by atoms with Gasteiger partial charge in [-0.3, -0.25) is 4.79 Å². The molecule has 20 heavy (non-hydrogen) atoms. The molecule has 0 radical (unpaired) electrons. The molecule has 2 N–H and O–H groups in total. The first-order chi connectivity index (χ1) is 9.67. The fourth-order valence-corrected chi connectivity index (χ4v) is 3.24. The highest BCUT2D eigenvalue weighted by Gasteiger charge is 2.34. The summed E-state index contributed by atoms with van der Waals surface area (Å²) in [5.41, 5.74) is 0. The maximum Gasteiger partial charge on any atom is 0.264 e. The van der Waals surface area contributed by atoms with Crippen molar-refractivity contribution in [3.8, 4) is 11.8 Å². The number of likely N-dealkylation sites (tertiary alicyclic amines) is 1. The summed E-state index contributed by atoms with van der Waals surface area (Å²) in [6.45, 7) is 2.83. The van der Waals surface area contributed by atoms with Gasteiger partial charge in [-0.25, -0.2) is 0 Å². The zero-order valence-corrected chi connectivity index (χ0v) is 12.3. The van der Waals surface area contributed by atoms with Crippen molar-refractivity contribution in [1.29, 1.82) is 0 Å². The van der Waals surface area contributed by atoms with Gasteiger partial charge in [-0.1, -0.05) is 18.8 Å². The van der Waals surface area contributed by atoms with Gasteiger partial charge in [0.05, 0.1) is 29.0 Å². The summed E-state index contributed by atoms with van der Waals surface area (Å²) in [5, 5.41) is 18.1. The van der Waals surface area contributed by atoms with Crippen LogP contribution >= 0.6 is 11.3 Å². The predicted molar refractivity (Wildman–Crippen MR) is 78.6 cm³/mol. The molecule has 1 aliphatic heterocycles. The Morgan fingerprint density at radius 3 is 3.00 bits per heavy atom. The Labute approximate surface area is 123 Å². The molecule has 1 saturated heterocycles. The fraction of sp³-hybridized carbons (Fsp3) is 0.533. The van der Waals surface area contributed by atoms with Crippen LogP contribution in [-0.4, -0.2) is 46.8 Å². The fourth-order valence-electron chi connectivity index (χ4n) is 2.41. The van der Waals surface area contributed by atoms with Crippen LogP contribution in [0.3, 0.4) is 0 Å². The molecular formula is C15H19NO3S. The van der Waals surface area contributed by atoms with Gasteiger partial charge >= 0.3 is 0 Å². The summed E-state index contributed by atoms with van der Waals surface area (Å²) in [6, 6.07) is 3.54. The van der Waals surface area contributed by atoms with Gasteiger partial charge in [-0.15, -0.1) is 11.3 Å². The van der Waals surface area contributed by atoms with Crippen LogP contribution in [0.15, 0.2) is 12.1 Å². The van der Waals surface area contributed by atoms with Crippen LogP contribution in [0.25, 0.3) is 0 Å². The Morgan fingerprint density at radius 2 is 2.30 bits per heavy atom. The topological polar surface area (TPSA) is 60.8 Å². The zero-order valence-electron chi connectivity index (χ0n) is 11.5. The highest BCUT2D eigenvalue weighted by molar-refractivity contribution is 7.14. The van der Waals surface area contributed by atoms with Crippen LogP contribution < -0.4 is 0 Å². The first-order valence-corrected chi connectivity index (χ1v) is 7.60. The standard InChI is InChI=1S/C15H19NO3S/c1-11-7-8-16(13(11)10-18)15(19)14-6-5-12(20-14)4-2-3-9-17/h5-6,11,13,17-18H,3,7-10H2,1H3. The van der Waals surface area contributed by atoms with Crippen molar-refractivity contribution in [2.24, 2.45) is 5.92 Å². The van der Waals surface area contributed by atoms with Gasteiger partial charge in [0.1, 0.15) is 0 Å².